The van der Waals surface area contributed by atoms with Crippen molar-refractivity contribution in [2.75, 3.05) is 25.2 Å². The summed E-state index contributed by atoms with van der Waals surface area (Å²) in [5, 5.41) is 2.55. The molecular weight excluding hydrogens is 364 g/mol. The predicted molar refractivity (Wildman–Crippen MR) is 93.6 cm³/mol. The number of sulfone groups is 1. The molecule has 0 unspecified atom stereocenters. The minimum atomic E-state index is -3.42. The zero-order valence-electron chi connectivity index (χ0n) is 13.6. The van der Waals surface area contributed by atoms with Gasteiger partial charge in [0.1, 0.15) is 17.4 Å². The van der Waals surface area contributed by atoms with Gasteiger partial charge in [-0.2, -0.15) is 0 Å². The maximum atomic E-state index is 12.4. The molecule has 25 heavy (non-hydrogen) atoms. The standard InChI is InChI=1S/C16H18N2O5S2/c1-25(20,21)11-16(19)18(9-15-17-6-7-24-15)8-12-10-22-13-4-2-3-5-14(13)23-12/h2-7,12H,8-11H2,1H3/t12-/m0/s1. The van der Waals surface area contributed by atoms with Gasteiger partial charge in [0.25, 0.3) is 0 Å². The summed E-state index contributed by atoms with van der Waals surface area (Å²) in [7, 11) is -3.42. The van der Waals surface area contributed by atoms with E-state index < -0.39 is 21.5 Å². The first-order chi connectivity index (χ1) is 11.9. The quantitative estimate of drug-likeness (QED) is 0.750. The zero-order valence-corrected chi connectivity index (χ0v) is 15.3. The van der Waals surface area contributed by atoms with Gasteiger partial charge < -0.3 is 14.4 Å². The normalized spacial score (nSPS) is 16.4. The smallest absolute Gasteiger partial charge is 0.238 e. The van der Waals surface area contributed by atoms with Crippen molar-refractivity contribution in [2.45, 2.75) is 12.6 Å². The minimum Gasteiger partial charge on any atom is -0.486 e. The van der Waals surface area contributed by atoms with Crippen LogP contribution in [-0.4, -0.2) is 55.5 Å². The number of benzene rings is 1. The first kappa shape index (κ1) is 17.7. The van der Waals surface area contributed by atoms with Gasteiger partial charge in [-0.15, -0.1) is 11.3 Å². The Morgan fingerprint density at radius 1 is 1.36 bits per heavy atom. The van der Waals surface area contributed by atoms with Gasteiger partial charge in [-0.3, -0.25) is 4.79 Å². The van der Waals surface area contributed by atoms with Crippen LogP contribution in [0.3, 0.4) is 0 Å². The van der Waals surface area contributed by atoms with E-state index in [1.807, 2.05) is 23.6 Å². The van der Waals surface area contributed by atoms with Crippen molar-refractivity contribution in [3.8, 4) is 11.5 Å². The summed E-state index contributed by atoms with van der Waals surface area (Å²) in [6, 6.07) is 7.30. The van der Waals surface area contributed by atoms with E-state index in [9.17, 15) is 13.2 Å². The van der Waals surface area contributed by atoms with Gasteiger partial charge in [0.2, 0.25) is 5.91 Å². The molecular formula is C16H18N2O5S2. The Hall–Kier alpha value is -2.13. The molecule has 1 amide bonds. The van der Waals surface area contributed by atoms with E-state index in [4.69, 9.17) is 9.47 Å². The van der Waals surface area contributed by atoms with E-state index >= 15 is 0 Å². The van der Waals surface area contributed by atoms with E-state index in [0.717, 1.165) is 11.3 Å². The van der Waals surface area contributed by atoms with Crippen LogP contribution in [0.25, 0.3) is 0 Å². The van der Waals surface area contributed by atoms with Crippen LogP contribution in [0.4, 0.5) is 0 Å². The topological polar surface area (TPSA) is 85.8 Å². The average molecular weight is 382 g/mol. The number of hydrogen-bond acceptors (Lipinski definition) is 7. The molecule has 9 heteroatoms. The number of nitrogens with zero attached hydrogens (tertiary/aromatic N) is 2. The zero-order chi connectivity index (χ0) is 17.9. The number of rotatable bonds is 6. The summed E-state index contributed by atoms with van der Waals surface area (Å²) < 4.78 is 34.5. The van der Waals surface area contributed by atoms with Crippen LogP contribution in [0.15, 0.2) is 35.8 Å². The lowest BCUT2D eigenvalue weighted by Crippen LogP contribution is -2.45. The van der Waals surface area contributed by atoms with Gasteiger partial charge in [-0.1, -0.05) is 12.1 Å². The minimum absolute atomic E-state index is 0.224. The number of fused-ring (bicyclic) bond motifs is 1. The van der Waals surface area contributed by atoms with Crippen LogP contribution < -0.4 is 9.47 Å². The lowest BCUT2D eigenvalue weighted by Gasteiger charge is -2.31. The average Bonchev–Trinajstić information content (AvgIpc) is 3.05. The third kappa shape index (κ3) is 4.93. The molecule has 0 radical (unpaired) electrons. The summed E-state index contributed by atoms with van der Waals surface area (Å²) in [6.45, 7) is 0.757. The van der Waals surface area contributed by atoms with Crippen molar-refractivity contribution in [1.82, 2.24) is 9.88 Å². The first-order valence-corrected chi connectivity index (χ1v) is 10.6. The summed E-state index contributed by atoms with van der Waals surface area (Å²) in [6.07, 6.45) is 2.32. The monoisotopic (exact) mass is 382 g/mol. The second kappa shape index (κ2) is 7.40. The molecule has 0 fully saturated rings. The Balaban J connectivity index is 1.72. The van der Waals surface area contributed by atoms with Crippen LogP contribution >= 0.6 is 11.3 Å². The molecule has 0 saturated carbocycles. The van der Waals surface area contributed by atoms with Crippen molar-refractivity contribution >= 4 is 27.1 Å². The highest BCUT2D eigenvalue weighted by atomic mass is 32.2. The largest absolute Gasteiger partial charge is 0.486 e. The van der Waals surface area contributed by atoms with E-state index in [0.29, 0.717) is 11.5 Å². The van der Waals surface area contributed by atoms with E-state index in [1.165, 1.54) is 16.2 Å². The van der Waals surface area contributed by atoms with Gasteiger partial charge in [0, 0.05) is 17.8 Å². The molecule has 0 N–H and O–H groups in total. The third-order valence-corrected chi connectivity index (χ3v) is 5.08. The van der Waals surface area contributed by atoms with E-state index in [1.54, 1.807) is 12.3 Å². The van der Waals surface area contributed by atoms with Gasteiger partial charge in [0.05, 0.1) is 13.1 Å². The third-order valence-electron chi connectivity index (χ3n) is 3.54. The molecule has 0 saturated heterocycles. The number of hydrogen-bond donors (Lipinski definition) is 0. The fourth-order valence-corrected chi connectivity index (χ4v) is 3.73. The number of aromatic nitrogens is 1. The predicted octanol–water partition coefficient (Wildman–Crippen LogP) is 1.36. The fraction of sp³-hybridized carbons (Fsp3) is 0.375. The number of para-hydroxylation sites is 2. The Morgan fingerprint density at radius 3 is 2.80 bits per heavy atom. The summed E-state index contributed by atoms with van der Waals surface area (Å²) in [5.41, 5.74) is 0. The van der Waals surface area contributed by atoms with Crippen LogP contribution in [0.2, 0.25) is 0 Å². The number of carbonyl (C=O) groups is 1. The number of ether oxygens (including phenoxy) is 2. The molecule has 0 bridgehead atoms. The molecule has 1 aliphatic heterocycles. The van der Waals surface area contributed by atoms with Crippen LogP contribution in [0, 0.1) is 0 Å². The molecule has 1 atom stereocenters. The molecule has 2 aromatic rings. The molecule has 1 aliphatic rings. The Kier molecular flexibility index (Phi) is 5.24. The molecule has 7 nitrogen and oxygen atoms in total. The number of carbonyl (C=O) groups excluding carboxylic acids is 1. The molecule has 1 aromatic heterocycles. The molecule has 1 aromatic carbocycles. The summed E-state index contributed by atoms with van der Waals surface area (Å²) in [5.74, 6) is 0.263. The molecule has 0 aliphatic carbocycles. The highest BCUT2D eigenvalue weighted by Crippen LogP contribution is 2.31. The molecule has 134 valence electrons. The van der Waals surface area contributed by atoms with Crippen LogP contribution in [-0.2, 0) is 21.2 Å². The molecule has 3 rings (SSSR count). The van der Waals surface area contributed by atoms with Crippen LogP contribution in [0.1, 0.15) is 5.01 Å². The van der Waals surface area contributed by atoms with Gasteiger partial charge in [-0.05, 0) is 12.1 Å². The Morgan fingerprint density at radius 2 is 2.12 bits per heavy atom. The lowest BCUT2D eigenvalue weighted by atomic mass is 10.2. The fourth-order valence-electron chi connectivity index (χ4n) is 2.46. The van der Waals surface area contributed by atoms with Gasteiger partial charge in [0.15, 0.2) is 27.4 Å². The highest BCUT2D eigenvalue weighted by molar-refractivity contribution is 7.91. The summed E-state index contributed by atoms with van der Waals surface area (Å²) >= 11 is 1.41. The SMILES string of the molecule is CS(=O)(=O)CC(=O)N(Cc1nccs1)C[C@H]1COc2ccccc2O1. The maximum absolute atomic E-state index is 12.4. The molecule has 2 heterocycles. The highest BCUT2D eigenvalue weighted by Gasteiger charge is 2.27. The van der Waals surface area contributed by atoms with Crippen molar-refractivity contribution in [2.24, 2.45) is 0 Å². The van der Waals surface area contributed by atoms with E-state index in [2.05, 4.69) is 4.98 Å². The second-order valence-corrected chi connectivity index (χ2v) is 8.89. The first-order valence-electron chi connectivity index (χ1n) is 7.63. The van der Waals surface area contributed by atoms with Crippen molar-refractivity contribution < 1.29 is 22.7 Å². The van der Waals surface area contributed by atoms with E-state index in [-0.39, 0.29) is 25.8 Å². The van der Waals surface area contributed by atoms with Crippen molar-refractivity contribution in [1.29, 1.82) is 0 Å². The van der Waals surface area contributed by atoms with Gasteiger partial charge >= 0.3 is 0 Å². The summed E-state index contributed by atoms with van der Waals surface area (Å²) in [4.78, 5) is 18.1. The molecule has 0 spiro atoms. The van der Waals surface area contributed by atoms with Gasteiger partial charge in [-0.25, -0.2) is 13.4 Å². The van der Waals surface area contributed by atoms with Crippen molar-refractivity contribution in [3.05, 3.63) is 40.8 Å². The van der Waals surface area contributed by atoms with Crippen LogP contribution in [0.5, 0.6) is 11.5 Å². The van der Waals surface area contributed by atoms with Crippen molar-refractivity contribution in [3.63, 3.8) is 0 Å². The Bertz CT molecular complexity index is 836. The number of amides is 1. The maximum Gasteiger partial charge on any atom is 0.238 e. The lowest BCUT2D eigenvalue weighted by molar-refractivity contribution is -0.130. The second-order valence-electron chi connectivity index (χ2n) is 5.77. The number of thiazole rings is 1. The Labute approximate surface area is 150 Å².